The molecule has 1 unspecified atom stereocenters. The molecule has 0 spiro atoms. The zero-order valence-electron chi connectivity index (χ0n) is 9.83. The van der Waals surface area contributed by atoms with Gasteiger partial charge in [0.05, 0.1) is 6.10 Å². The van der Waals surface area contributed by atoms with E-state index in [1.165, 1.54) is 19.3 Å². The molecule has 0 heterocycles. The SMILES string of the molecule is CCCCCC(CC)Oc1[c]cccc1. The first kappa shape index (κ1) is 12.1. The summed E-state index contributed by atoms with van der Waals surface area (Å²) in [4.78, 5) is 0. The minimum atomic E-state index is 0.357. The van der Waals surface area contributed by atoms with Crippen LogP contribution < -0.4 is 4.74 Å². The maximum atomic E-state index is 5.85. The van der Waals surface area contributed by atoms with Gasteiger partial charge in [-0.3, -0.25) is 0 Å². The van der Waals surface area contributed by atoms with Gasteiger partial charge >= 0.3 is 0 Å². The molecular weight excluding hydrogens is 184 g/mol. The molecule has 0 N–H and O–H groups in total. The summed E-state index contributed by atoms with van der Waals surface area (Å²) in [6, 6.07) is 10.9. The fourth-order valence-electron chi connectivity index (χ4n) is 1.60. The maximum Gasteiger partial charge on any atom is 0.127 e. The number of para-hydroxylation sites is 1. The smallest absolute Gasteiger partial charge is 0.127 e. The highest BCUT2D eigenvalue weighted by molar-refractivity contribution is 5.19. The average molecular weight is 205 g/mol. The van der Waals surface area contributed by atoms with Gasteiger partial charge in [0.15, 0.2) is 0 Å². The summed E-state index contributed by atoms with van der Waals surface area (Å²) in [6.07, 6.45) is 6.43. The van der Waals surface area contributed by atoms with Crippen molar-refractivity contribution in [1.82, 2.24) is 0 Å². The molecule has 0 saturated heterocycles. The lowest BCUT2D eigenvalue weighted by Crippen LogP contribution is -2.15. The second-order valence-electron chi connectivity index (χ2n) is 3.87. The molecule has 0 bridgehead atoms. The van der Waals surface area contributed by atoms with E-state index in [0.717, 1.165) is 18.6 Å². The van der Waals surface area contributed by atoms with Crippen molar-refractivity contribution in [3.05, 3.63) is 30.3 Å². The van der Waals surface area contributed by atoms with Crippen LogP contribution in [0, 0.1) is 6.07 Å². The topological polar surface area (TPSA) is 9.23 Å². The first-order valence-corrected chi connectivity index (χ1v) is 6.00. The first-order valence-electron chi connectivity index (χ1n) is 6.00. The second kappa shape index (κ2) is 7.33. The van der Waals surface area contributed by atoms with Crippen LogP contribution in [0.25, 0.3) is 0 Å². The minimum Gasteiger partial charge on any atom is -0.490 e. The van der Waals surface area contributed by atoms with E-state index in [4.69, 9.17) is 4.74 Å². The van der Waals surface area contributed by atoms with E-state index in [9.17, 15) is 0 Å². The van der Waals surface area contributed by atoms with Gasteiger partial charge in [-0.25, -0.2) is 0 Å². The molecule has 1 heteroatoms. The molecule has 1 atom stereocenters. The third kappa shape index (κ3) is 4.87. The van der Waals surface area contributed by atoms with Gasteiger partial charge in [-0.2, -0.15) is 0 Å². The summed E-state index contributed by atoms with van der Waals surface area (Å²) in [5.41, 5.74) is 0. The largest absolute Gasteiger partial charge is 0.490 e. The van der Waals surface area contributed by atoms with Gasteiger partial charge in [0.2, 0.25) is 0 Å². The van der Waals surface area contributed by atoms with E-state index in [1.807, 2.05) is 24.3 Å². The fraction of sp³-hybridized carbons (Fsp3) is 0.571. The number of hydrogen-bond donors (Lipinski definition) is 0. The summed E-state index contributed by atoms with van der Waals surface area (Å²) in [5, 5.41) is 0. The summed E-state index contributed by atoms with van der Waals surface area (Å²) >= 11 is 0. The Morgan fingerprint density at radius 1 is 1.27 bits per heavy atom. The Hall–Kier alpha value is -0.980. The van der Waals surface area contributed by atoms with Crippen LogP contribution in [0.1, 0.15) is 46.0 Å². The molecule has 1 radical (unpaired) electrons. The highest BCUT2D eigenvalue weighted by Crippen LogP contribution is 2.15. The summed E-state index contributed by atoms with van der Waals surface area (Å²) in [6.45, 7) is 4.41. The summed E-state index contributed by atoms with van der Waals surface area (Å²) in [7, 11) is 0. The predicted molar refractivity (Wildman–Crippen MR) is 64.1 cm³/mol. The van der Waals surface area contributed by atoms with Crippen LogP contribution in [0.15, 0.2) is 24.3 Å². The Kier molecular flexibility index (Phi) is 5.91. The zero-order valence-corrected chi connectivity index (χ0v) is 9.83. The molecule has 1 aromatic rings. The highest BCUT2D eigenvalue weighted by atomic mass is 16.5. The van der Waals surface area contributed by atoms with Crippen LogP contribution in [0.5, 0.6) is 5.75 Å². The summed E-state index contributed by atoms with van der Waals surface area (Å²) < 4.78 is 5.85. The molecular formula is C14H21O. The Labute approximate surface area is 93.5 Å². The number of rotatable bonds is 7. The monoisotopic (exact) mass is 205 g/mol. The molecule has 1 rings (SSSR count). The number of benzene rings is 1. The minimum absolute atomic E-state index is 0.357. The van der Waals surface area contributed by atoms with Crippen molar-refractivity contribution in [2.45, 2.75) is 52.1 Å². The molecule has 0 aliphatic carbocycles. The Morgan fingerprint density at radius 3 is 2.73 bits per heavy atom. The molecule has 15 heavy (non-hydrogen) atoms. The van der Waals surface area contributed by atoms with E-state index in [1.54, 1.807) is 0 Å². The molecule has 0 fully saturated rings. The number of unbranched alkanes of at least 4 members (excludes halogenated alkanes) is 2. The van der Waals surface area contributed by atoms with E-state index >= 15 is 0 Å². The van der Waals surface area contributed by atoms with Crippen molar-refractivity contribution < 1.29 is 4.74 Å². The van der Waals surface area contributed by atoms with Crippen LogP contribution >= 0.6 is 0 Å². The number of hydrogen-bond acceptors (Lipinski definition) is 1. The molecule has 0 aromatic heterocycles. The van der Waals surface area contributed by atoms with Gasteiger partial charge < -0.3 is 4.74 Å². The van der Waals surface area contributed by atoms with E-state index in [0.29, 0.717) is 6.10 Å². The van der Waals surface area contributed by atoms with Crippen molar-refractivity contribution in [2.24, 2.45) is 0 Å². The van der Waals surface area contributed by atoms with Crippen LogP contribution in [-0.2, 0) is 0 Å². The van der Waals surface area contributed by atoms with Gasteiger partial charge in [-0.1, -0.05) is 44.9 Å². The number of ether oxygens (including phenoxy) is 1. The lowest BCUT2D eigenvalue weighted by molar-refractivity contribution is 0.182. The Morgan fingerprint density at radius 2 is 2.13 bits per heavy atom. The molecule has 1 nitrogen and oxygen atoms in total. The highest BCUT2D eigenvalue weighted by Gasteiger charge is 2.07. The molecule has 0 aliphatic rings. The lowest BCUT2D eigenvalue weighted by Gasteiger charge is -2.17. The van der Waals surface area contributed by atoms with Crippen molar-refractivity contribution in [3.63, 3.8) is 0 Å². The van der Waals surface area contributed by atoms with Crippen LogP contribution in [0.4, 0.5) is 0 Å². The van der Waals surface area contributed by atoms with Gasteiger partial charge in [-0.15, -0.1) is 0 Å². The van der Waals surface area contributed by atoms with Gasteiger partial charge in [-0.05, 0) is 25.3 Å². The third-order valence-electron chi connectivity index (χ3n) is 2.56. The zero-order chi connectivity index (χ0) is 10.9. The van der Waals surface area contributed by atoms with E-state index in [-0.39, 0.29) is 0 Å². The molecule has 1 aromatic carbocycles. The van der Waals surface area contributed by atoms with Gasteiger partial charge in [0, 0.05) is 6.07 Å². The average Bonchev–Trinajstić information content (AvgIpc) is 2.29. The quantitative estimate of drug-likeness (QED) is 0.605. The van der Waals surface area contributed by atoms with Crippen molar-refractivity contribution in [2.75, 3.05) is 0 Å². The van der Waals surface area contributed by atoms with E-state index in [2.05, 4.69) is 19.9 Å². The first-order chi connectivity index (χ1) is 7.36. The standard InChI is InChI=1S/C14H21O/c1-3-5-7-10-13(4-2)15-14-11-8-6-9-12-14/h6,8-9,11,13H,3-5,7,10H2,1-2H3. The van der Waals surface area contributed by atoms with Crippen molar-refractivity contribution in [3.8, 4) is 5.75 Å². The molecule has 0 amide bonds. The molecule has 0 aliphatic heterocycles. The van der Waals surface area contributed by atoms with Gasteiger partial charge in [0.25, 0.3) is 0 Å². The van der Waals surface area contributed by atoms with E-state index < -0.39 is 0 Å². The second-order valence-corrected chi connectivity index (χ2v) is 3.87. The van der Waals surface area contributed by atoms with Crippen molar-refractivity contribution >= 4 is 0 Å². The Balaban J connectivity index is 2.33. The predicted octanol–water partition coefficient (Wildman–Crippen LogP) is 4.22. The normalized spacial score (nSPS) is 12.4. The Bertz CT molecular complexity index is 243. The van der Waals surface area contributed by atoms with Crippen LogP contribution in [0.2, 0.25) is 0 Å². The molecule has 83 valence electrons. The third-order valence-corrected chi connectivity index (χ3v) is 2.56. The van der Waals surface area contributed by atoms with Crippen molar-refractivity contribution in [1.29, 1.82) is 0 Å². The van der Waals surface area contributed by atoms with Gasteiger partial charge in [0.1, 0.15) is 5.75 Å². The molecule has 0 saturated carbocycles. The lowest BCUT2D eigenvalue weighted by atomic mass is 10.1. The fourth-order valence-corrected chi connectivity index (χ4v) is 1.60. The summed E-state index contributed by atoms with van der Waals surface area (Å²) in [5.74, 6) is 0.876. The van der Waals surface area contributed by atoms with Crippen LogP contribution in [-0.4, -0.2) is 6.10 Å². The maximum absolute atomic E-state index is 5.85. The van der Waals surface area contributed by atoms with Crippen LogP contribution in [0.3, 0.4) is 0 Å².